The summed E-state index contributed by atoms with van der Waals surface area (Å²) in [5.41, 5.74) is 2.10. The number of halogens is 1. The fraction of sp³-hybridized carbons (Fsp3) is 0.333. The molecule has 0 amide bonds. The Balaban J connectivity index is 2.43. The van der Waals surface area contributed by atoms with Crippen molar-refractivity contribution in [1.29, 1.82) is 0 Å². The minimum absolute atomic E-state index is 0.188. The second kappa shape index (κ2) is 5.06. The molecule has 0 unspecified atom stereocenters. The Morgan fingerprint density at radius 3 is 2.45 bits per heavy atom. The summed E-state index contributed by atoms with van der Waals surface area (Å²) < 4.78 is 28.9. The molecule has 108 valence electrons. The van der Waals surface area contributed by atoms with Gasteiger partial charge in [0.25, 0.3) is 10.0 Å². The fourth-order valence-corrected chi connectivity index (χ4v) is 3.54. The van der Waals surface area contributed by atoms with Gasteiger partial charge in [0.2, 0.25) is 0 Å². The third kappa shape index (κ3) is 2.64. The maximum Gasteiger partial charge on any atom is 0.265 e. The van der Waals surface area contributed by atoms with Gasteiger partial charge in [0.1, 0.15) is 10.0 Å². The molecular weight excluding hydrogens is 300 g/mol. The zero-order valence-electron chi connectivity index (χ0n) is 11.6. The van der Waals surface area contributed by atoms with Crippen molar-refractivity contribution in [3.63, 3.8) is 0 Å². The molecule has 0 bridgehead atoms. The molecule has 0 radical (unpaired) electrons. The van der Waals surface area contributed by atoms with Crippen LogP contribution >= 0.6 is 11.6 Å². The highest BCUT2D eigenvalue weighted by Gasteiger charge is 2.24. The van der Waals surface area contributed by atoms with Gasteiger partial charge in [-0.15, -0.1) is 0 Å². The van der Waals surface area contributed by atoms with Crippen LogP contribution in [0.25, 0.3) is 0 Å². The van der Waals surface area contributed by atoms with Crippen molar-refractivity contribution in [3.05, 3.63) is 34.4 Å². The van der Waals surface area contributed by atoms with E-state index in [4.69, 9.17) is 11.6 Å². The first-order valence-electron chi connectivity index (χ1n) is 5.87. The van der Waals surface area contributed by atoms with Gasteiger partial charge in [0, 0.05) is 7.05 Å². The lowest BCUT2D eigenvalue weighted by Gasteiger charge is -2.09. The predicted molar refractivity (Wildman–Crippen MR) is 77.5 cm³/mol. The normalized spacial score (nSPS) is 11.7. The van der Waals surface area contributed by atoms with Crippen LogP contribution in [0.3, 0.4) is 0 Å². The van der Waals surface area contributed by atoms with E-state index in [0.717, 1.165) is 0 Å². The fourth-order valence-electron chi connectivity index (χ4n) is 1.96. The third-order valence-corrected chi connectivity index (χ3v) is 5.01. The molecule has 2 rings (SSSR count). The highest BCUT2D eigenvalue weighted by Crippen LogP contribution is 2.23. The molecule has 0 atom stereocenters. The number of nitrogens with zero attached hydrogens (tertiary/aromatic N) is 3. The molecule has 2 aromatic heterocycles. The van der Waals surface area contributed by atoms with E-state index in [-0.39, 0.29) is 4.90 Å². The first-order chi connectivity index (χ1) is 9.22. The van der Waals surface area contributed by atoms with Gasteiger partial charge in [0.15, 0.2) is 0 Å². The van der Waals surface area contributed by atoms with Crippen molar-refractivity contribution in [2.45, 2.75) is 25.7 Å². The molecular formula is C12H15ClN4O2S. The van der Waals surface area contributed by atoms with E-state index in [0.29, 0.717) is 27.8 Å². The molecule has 0 saturated heterocycles. The maximum absolute atomic E-state index is 12.4. The first kappa shape index (κ1) is 14.8. The van der Waals surface area contributed by atoms with E-state index in [1.807, 2.05) is 0 Å². The van der Waals surface area contributed by atoms with Gasteiger partial charge in [-0.1, -0.05) is 11.6 Å². The molecule has 0 aliphatic rings. The van der Waals surface area contributed by atoms with Gasteiger partial charge < -0.3 is 0 Å². The van der Waals surface area contributed by atoms with Gasteiger partial charge in [0.05, 0.1) is 23.3 Å². The van der Waals surface area contributed by atoms with Crippen LogP contribution in [0.4, 0.5) is 5.69 Å². The molecule has 20 heavy (non-hydrogen) atoms. The highest BCUT2D eigenvalue weighted by molar-refractivity contribution is 7.92. The Morgan fingerprint density at radius 1 is 1.30 bits per heavy atom. The Labute approximate surface area is 122 Å². The first-order valence-corrected chi connectivity index (χ1v) is 7.73. The lowest BCUT2D eigenvalue weighted by molar-refractivity contribution is 0.599. The number of aromatic nitrogens is 3. The van der Waals surface area contributed by atoms with Crippen molar-refractivity contribution in [2.24, 2.45) is 7.05 Å². The predicted octanol–water partition coefficient (Wildman–Crippen LogP) is 2.19. The summed E-state index contributed by atoms with van der Waals surface area (Å²) in [6, 6.07) is 1.63. The molecule has 2 aromatic rings. The van der Waals surface area contributed by atoms with Crippen molar-refractivity contribution >= 4 is 27.3 Å². The Kier molecular flexibility index (Phi) is 3.75. The molecule has 0 spiro atoms. The smallest absolute Gasteiger partial charge is 0.265 e. The van der Waals surface area contributed by atoms with Crippen LogP contribution in [0.2, 0.25) is 5.15 Å². The average Bonchev–Trinajstić information content (AvgIpc) is 2.58. The number of hydrogen-bond acceptors (Lipinski definition) is 4. The molecule has 2 heterocycles. The van der Waals surface area contributed by atoms with Crippen LogP contribution < -0.4 is 4.72 Å². The van der Waals surface area contributed by atoms with Crippen LogP contribution in [-0.4, -0.2) is 23.2 Å². The maximum atomic E-state index is 12.4. The number of rotatable bonds is 3. The van der Waals surface area contributed by atoms with Crippen LogP contribution in [0.15, 0.2) is 17.2 Å². The minimum Gasteiger partial charge on any atom is -0.278 e. The van der Waals surface area contributed by atoms with Crippen molar-refractivity contribution in [1.82, 2.24) is 14.8 Å². The molecule has 0 aliphatic carbocycles. The van der Waals surface area contributed by atoms with Gasteiger partial charge >= 0.3 is 0 Å². The minimum atomic E-state index is -3.70. The largest absolute Gasteiger partial charge is 0.278 e. The van der Waals surface area contributed by atoms with Crippen LogP contribution in [0.5, 0.6) is 0 Å². The highest BCUT2D eigenvalue weighted by atomic mass is 35.5. The van der Waals surface area contributed by atoms with E-state index in [1.54, 1.807) is 33.9 Å². The van der Waals surface area contributed by atoms with E-state index < -0.39 is 10.0 Å². The van der Waals surface area contributed by atoms with Crippen LogP contribution in [0.1, 0.15) is 17.0 Å². The quantitative estimate of drug-likeness (QED) is 0.881. The van der Waals surface area contributed by atoms with Crippen molar-refractivity contribution < 1.29 is 8.42 Å². The Hall–Kier alpha value is -1.60. The van der Waals surface area contributed by atoms with Crippen LogP contribution in [0, 0.1) is 20.8 Å². The number of nitrogens with one attached hydrogen (secondary N) is 1. The molecule has 0 fully saturated rings. The van der Waals surface area contributed by atoms with Gasteiger partial charge in [-0.05, 0) is 32.4 Å². The third-order valence-electron chi connectivity index (χ3n) is 2.98. The van der Waals surface area contributed by atoms with Gasteiger partial charge in [-0.2, -0.15) is 5.10 Å². The monoisotopic (exact) mass is 314 g/mol. The summed E-state index contributed by atoms with van der Waals surface area (Å²) in [6.45, 7) is 5.13. The van der Waals surface area contributed by atoms with E-state index in [1.165, 1.54) is 10.9 Å². The Morgan fingerprint density at radius 2 is 1.95 bits per heavy atom. The lowest BCUT2D eigenvalue weighted by atomic mass is 10.3. The summed E-state index contributed by atoms with van der Waals surface area (Å²) in [6.07, 6.45) is 1.38. The van der Waals surface area contributed by atoms with Crippen LogP contribution in [-0.2, 0) is 17.1 Å². The second-order valence-electron chi connectivity index (χ2n) is 4.56. The topological polar surface area (TPSA) is 76.9 Å². The molecule has 1 N–H and O–H groups in total. The molecule has 0 aromatic carbocycles. The molecule has 0 saturated carbocycles. The number of sulfonamides is 1. The average molecular weight is 315 g/mol. The van der Waals surface area contributed by atoms with Crippen molar-refractivity contribution in [2.75, 3.05) is 4.72 Å². The second-order valence-corrected chi connectivity index (χ2v) is 6.54. The summed E-state index contributed by atoms with van der Waals surface area (Å²) >= 11 is 5.82. The summed E-state index contributed by atoms with van der Waals surface area (Å²) in [4.78, 5) is 4.11. The zero-order valence-corrected chi connectivity index (χ0v) is 13.2. The summed E-state index contributed by atoms with van der Waals surface area (Å²) in [7, 11) is -2.00. The molecule has 0 aliphatic heterocycles. The summed E-state index contributed by atoms with van der Waals surface area (Å²) in [5.74, 6) is 0. The summed E-state index contributed by atoms with van der Waals surface area (Å²) in [5, 5.41) is 4.46. The molecule has 8 heteroatoms. The number of hydrogen-bond donors (Lipinski definition) is 1. The van der Waals surface area contributed by atoms with E-state index in [2.05, 4.69) is 14.8 Å². The Bertz CT molecular complexity index is 768. The number of anilines is 1. The molecule has 6 nitrogen and oxygen atoms in total. The SMILES string of the molecule is Cc1cc(NS(=O)(=O)c2c(C)nn(C)c2C)cnc1Cl. The standard InChI is InChI=1S/C12H15ClN4O2S/c1-7-5-10(6-14-12(7)13)16-20(18,19)11-8(2)15-17(4)9(11)3/h5-6,16H,1-4H3. The number of pyridine rings is 1. The lowest BCUT2D eigenvalue weighted by Crippen LogP contribution is -2.15. The van der Waals surface area contributed by atoms with E-state index >= 15 is 0 Å². The van der Waals surface area contributed by atoms with Crippen molar-refractivity contribution in [3.8, 4) is 0 Å². The zero-order chi connectivity index (χ0) is 15.1. The van der Waals surface area contributed by atoms with Gasteiger partial charge in [-0.25, -0.2) is 13.4 Å². The van der Waals surface area contributed by atoms with E-state index in [9.17, 15) is 8.42 Å². The number of aryl methyl sites for hydroxylation is 3. The van der Waals surface area contributed by atoms with Gasteiger partial charge in [-0.3, -0.25) is 9.40 Å².